The summed E-state index contributed by atoms with van der Waals surface area (Å²) >= 11 is 0. The number of carbonyl (C=O) groups excluding carboxylic acids is 3. The molecule has 0 saturated carbocycles. The van der Waals surface area contributed by atoms with Crippen molar-refractivity contribution >= 4 is 39.2 Å². The molecule has 2 heterocycles. The molecule has 1 aliphatic rings. The molecule has 0 spiro atoms. The van der Waals surface area contributed by atoms with Crippen LogP contribution in [0, 0.1) is 0 Å². The largest absolute Gasteiger partial charge is 0.481 e. The molecule has 0 amide bonds. The lowest BCUT2D eigenvalue weighted by Gasteiger charge is -2.21. The summed E-state index contributed by atoms with van der Waals surface area (Å²) in [4.78, 5) is 74.0. The highest BCUT2D eigenvalue weighted by Crippen LogP contribution is 2.60. The molecule has 400 valence electrons. The Kier molecular flexibility index (Phi) is 33.3. The average molecular weight is 1040 g/mol. The van der Waals surface area contributed by atoms with Crippen LogP contribution in [0.5, 0.6) is 0 Å². The molecule has 2 rings (SSSR count). The lowest BCUT2D eigenvalue weighted by Crippen LogP contribution is -2.36. The van der Waals surface area contributed by atoms with Gasteiger partial charge in [0.05, 0.1) is 13.2 Å². The van der Waals surface area contributed by atoms with Gasteiger partial charge in [-0.1, -0.05) is 126 Å². The summed E-state index contributed by atoms with van der Waals surface area (Å²) in [5, 5.41) is 20.9. The molecule has 1 fully saturated rings. The average Bonchev–Trinajstić information content (AvgIpc) is 3.60. The molecule has 2 unspecified atom stereocenters. The summed E-state index contributed by atoms with van der Waals surface area (Å²) in [5.74, 6) is -1.39. The third kappa shape index (κ3) is 30.5. The van der Waals surface area contributed by atoms with Crippen molar-refractivity contribution in [2.75, 3.05) is 25.6 Å². The summed E-state index contributed by atoms with van der Waals surface area (Å²) in [6.07, 6.45) is 33.8. The van der Waals surface area contributed by atoms with Gasteiger partial charge >= 0.3 is 33.3 Å². The van der Waals surface area contributed by atoms with E-state index in [0.29, 0.717) is 32.1 Å². The number of aliphatic hydroxyl groups is 2. The number of unbranched alkanes of at least 4 members (excludes halogenated alkanes) is 11. The number of nitrogens with zero attached hydrogens (tertiary/aromatic N) is 2. The topological polar surface area (TPSA) is 283 Å². The van der Waals surface area contributed by atoms with Crippen LogP contribution in [0.1, 0.15) is 155 Å². The van der Waals surface area contributed by atoms with Crippen LogP contribution in [0.15, 0.2) is 90.0 Å². The maximum absolute atomic E-state index is 12.8. The second kappa shape index (κ2) is 37.6. The van der Waals surface area contributed by atoms with Crippen molar-refractivity contribution in [1.82, 2.24) is 9.55 Å². The number of phosphoric ester groups is 2. The standard InChI is InChI=1S/C50H79N3O16P2/c1-3-5-7-9-11-12-13-14-15-16-17-18-19-20-22-26-30-34-45(55)64-38-42(67-46(56)35-31-27-23-25-29-33-41(54)32-28-24-21-10-8-6-4-2)39-65-70(60,61)69-71(62,63)66-40-43-47(57)48(58)49(68-43)53-37-36-44(51)52-50(53)59/h5,7,11-12,14-15,17-18,21,24,28,32,36-37,42-43,47-49,57-58H,3-4,6,8-10,13,16,19-20,22-23,25-27,29-31,33-35,38-40H2,1-2H3,(H,60,61)(H,62,63)(H2,51,52,59)/b7-5-,12-11-,15-14-,18-17-,24-21-,32-28+/t42-,43-,47-,48-,49-/m1/s1. The van der Waals surface area contributed by atoms with Crippen molar-refractivity contribution in [2.45, 2.75) is 179 Å². The van der Waals surface area contributed by atoms with E-state index in [2.05, 4.69) is 77.8 Å². The van der Waals surface area contributed by atoms with Crippen LogP contribution in [-0.2, 0) is 51.1 Å². The normalized spacial score (nSPS) is 19.7. The third-order valence-corrected chi connectivity index (χ3v) is 13.4. The smallest absolute Gasteiger partial charge is 0.462 e. The van der Waals surface area contributed by atoms with E-state index in [1.807, 2.05) is 6.08 Å². The van der Waals surface area contributed by atoms with E-state index in [0.717, 1.165) is 94.2 Å². The van der Waals surface area contributed by atoms with Crippen LogP contribution in [0.25, 0.3) is 0 Å². The van der Waals surface area contributed by atoms with E-state index in [1.165, 1.54) is 12.5 Å². The first-order chi connectivity index (χ1) is 34.1. The Morgan fingerprint density at radius 2 is 1.31 bits per heavy atom. The number of allylic oxidation sites excluding steroid dienone is 12. The number of esters is 2. The highest BCUT2D eigenvalue weighted by atomic mass is 31.3. The Balaban J connectivity index is 1.84. The monoisotopic (exact) mass is 1040 g/mol. The molecule has 19 nitrogen and oxygen atoms in total. The van der Waals surface area contributed by atoms with Crippen LogP contribution in [0.2, 0.25) is 0 Å². The van der Waals surface area contributed by atoms with Gasteiger partial charge in [-0.05, 0) is 82.8 Å². The van der Waals surface area contributed by atoms with Crippen molar-refractivity contribution in [1.29, 1.82) is 0 Å². The van der Waals surface area contributed by atoms with E-state index in [1.54, 1.807) is 12.2 Å². The molecule has 0 radical (unpaired) electrons. The molecule has 1 saturated heterocycles. The van der Waals surface area contributed by atoms with Gasteiger partial charge in [0, 0.05) is 25.5 Å². The van der Waals surface area contributed by atoms with Crippen molar-refractivity contribution < 1.29 is 71.1 Å². The summed E-state index contributed by atoms with van der Waals surface area (Å²) in [6.45, 7) is 1.84. The van der Waals surface area contributed by atoms with Crippen molar-refractivity contribution in [3.8, 4) is 0 Å². The van der Waals surface area contributed by atoms with Gasteiger partial charge in [0.25, 0.3) is 0 Å². The first-order valence-corrected chi connectivity index (χ1v) is 27.9. The maximum Gasteiger partial charge on any atom is 0.481 e. The lowest BCUT2D eigenvalue weighted by atomic mass is 10.1. The summed E-state index contributed by atoms with van der Waals surface area (Å²) in [5.41, 5.74) is 4.57. The summed E-state index contributed by atoms with van der Waals surface area (Å²) in [7, 11) is -10.9. The van der Waals surface area contributed by atoms with Crippen LogP contribution >= 0.6 is 15.6 Å². The van der Waals surface area contributed by atoms with Crippen molar-refractivity contribution in [3.05, 3.63) is 95.7 Å². The zero-order valence-corrected chi connectivity index (χ0v) is 43.3. The van der Waals surface area contributed by atoms with Crippen LogP contribution in [-0.4, -0.2) is 91.5 Å². The van der Waals surface area contributed by atoms with Crippen LogP contribution in [0.4, 0.5) is 5.82 Å². The number of aromatic nitrogens is 2. The lowest BCUT2D eigenvalue weighted by molar-refractivity contribution is -0.161. The number of hydrogen-bond donors (Lipinski definition) is 5. The minimum absolute atomic E-state index is 0.0430. The number of nitrogens with two attached hydrogens (primary N) is 1. The number of rotatable bonds is 40. The zero-order valence-electron chi connectivity index (χ0n) is 41.5. The fourth-order valence-electron chi connectivity index (χ4n) is 6.87. The Morgan fingerprint density at radius 3 is 1.97 bits per heavy atom. The molecule has 21 heteroatoms. The van der Waals surface area contributed by atoms with Crippen LogP contribution < -0.4 is 11.4 Å². The number of phosphoric acid groups is 2. The molecule has 6 N–H and O–H groups in total. The fourth-order valence-corrected chi connectivity index (χ4v) is 8.98. The van der Waals surface area contributed by atoms with Gasteiger partial charge in [0.2, 0.25) is 0 Å². The predicted molar refractivity (Wildman–Crippen MR) is 270 cm³/mol. The molecule has 71 heavy (non-hydrogen) atoms. The number of ketones is 1. The Hall–Kier alpha value is -4.13. The Morgan fingerprint density at radius 1 is 0.732 bits per heavy atom. The highest BCUT2D eigenvalue weighted by Gasteiger charge is 2.46. The third-order valence-electron chi connectivity index (χ3n) is 10.8. The van der Waals surface area contributed by atoms with E-state index < -0.39 is 83.7 Å². The molecule has 0 bridgehead atoms. The van der Waals surface area contributed by atoms with Crippen molar-refractivity contribution in [2.24, 2.45) is 0 Å². The molecule has 1 aromatic heterocycles. The molecule has 0 aliphatic carbocycles. The first-order valence-electron chi connectivity index (χ1n) is 24.9. The van der Waals surface area contributed by atoms with E-state index >= 15 is 0 Å². The quantitative estimate of drug-likeness (QED) is 0.0102. The number of anilines is 1. The second-order valence-electron chi connectivity index (χ2n) is 17.0. The predicted octanol–water partition coefficient (Wildman–Crippen LogP) is 9.29. The highest BCUT2D eigenvalue weighted by molar-refractivity contribution is 7.61. The van der Waals surface area contributed by atoms with Gasteiger partial charge < -0.3 is 39.9 Å². The molecular formula is C50H79N3O16P2. The fraction of sp³-hybridized carbons (Fsp3) is 0.620. The molecule has 0 aromatic carbocycles. The number of aliphatic hydroxyl groups excluding tert-OH is 2. The SMILES string of the molecule is CC/C=C\C/C=C\C/C=C\C/C=C\CCCCCCC(=O)OC[C@H](COP(=O)(O)OP(=O)(O)OC[C@H]1O[C@@H](n2ccc(N)nc2=O)[C@H](O)[C@@H]1O)OC(=O)CCCCCCCC(=O)/C=C/C=C\CCCCC. The maximum atomic E-state index is 12.8. The molecule has 7 atom stereocenters. The number of hydrogen-bond acceptors (Lipinski definition) is 16. The minimum atomic E-state index is -5.46. The summed E-state index contributed by atoms with van der Waals surface area (Å²) < 4.78 is 56.6. The second-order valence-corrected chi connectivity index (χ2v) is 20.0. The van der Waals surface area contributed by atoms with Gasteiger partial charge in [-0.3, -0.25) is 28.0 Å². The number of ether oxygens (including phenoxy) is 3. The molecule has 1 aromatic rings. The van der Waals surface area contributed by atoms with Gasteiger partial charge in [-0.15, -0.1) is 0 Å². The zero-order chi connectivity index (χ0) is 52.2. The van der Waals surface area contributed by atoms with Crippen molar-refractivity contribution in [3.63, 3.8) is 0 Å². The van der Waals surface area contributed by atoms with E-state index in [9.17, 15) is 48.3 Å². The summed E-state index contributed by atoms with van der Waals surface area (Å²) in [6, 6.07) is 1.24. The van der Waals surface area contributed by atoms with Gasteiger partial charge in [-0.2, -0.15) is 9.29 Å². The Labute approximate surface area is 419 Å². The molecular weight excluding hydrogens is 961 g/mol. The van der Waals surface area contributed by atoms with E-state index in [-0.39, 0.29) is 24.4 Å². The minimum Gasteiger partial charge on any atom is -0.462 e. The van der Waals surface area contributed by atoms with Gasteiger partial charge in [0.1, 0.15) is 30.7 Å². The number of carbonyl (C=O) groups is 3. The number of nitrogen functional groups attached to an aromatic ring is 1. The van der Waals surface area contributed by atoms with E-state index in [4.69, 9.17) is 29.0 Å². The first kappa shape index (κ1) is 63.0. The van der Waals surface area contributed by atoms with Gasteiger partial charge in [0.15, 0.2) is 18.1 Å². The molecule has 1 aliphatic heterocycles. The Bertz CT molecular complexity index is 2040. The van der Waals surface area contributed by atoms with Crippen LogP contribution in [0.3, 0.4) is 0 Å². The van der Waals surface area contributed by atoms with Gasteiger partial charge in [-0.25, -0.2) is 13.9 Å².